The average molecular weight is 248 g/mol. The maximum Gasteiger partial charge on any atom is 0.247 e. The van der Waals surface area contributed by atoms with Crippen LogP contribution < -0.4 is 5.73 Å². The molecule has 0 bridgehead atoms. The van der Waals surface area contributed by atoms with Crippen LogP contribution in [-0.4, -0.2) is 36.6 Å². The van der Waals surface area contributed by atoms with Crippen molar-refractivity contribution >= 4 is 5.91 Å². The van der Waals surface area contributed by atoms with E-state index in [0.717, 1.165) is 5.56 Å². The van der Waals surface area contributed by atoms with Crippen molar-refractivity contribution in [2.24, 2.45) is 5.73 Å². The van der Waals surface area contributed by atoms with E-state index >= 15 is 0 Å². The third-order valence-electron chi connectivity index (χ3n) is 3.35. The Morgan fingerprint density at radius 3 is 2.72 bits per heavy atom. The second-order valence-electron chi connectivity index (χ2n) is 5.00. The monoisotopic (exact) mass is 248 g/mol. The first-order chi connectivity index (χ1) is 8.51. The molecule has 1 aromatic carbocycles. The zero-order chi connectivity index (χ0) is 13.2. The number of hydrogen-bond acceptors (Lipinski definition) is 3. The van der Waals surface area contributed by atoms with Crippen molar-refractivity contribution in [1.29, 1.82) is 0 Å². The molecule has 2 N–H and O–H groups in total. The van der Waals surface area contributed by atoms with Gasteiger partial charge in [-0.1, -0.05) is 30.3 Å². The molecule has 0 aromatic heterocycles. The van der Waals surface area contributed by atoms with Crippen LogP contribution >= 0.6 is 0 Å². The van der Waals surface area contributed by atoms with E-state index in [-0.39, 0.29) is 12.0 Å². The van der Waals surface area contributed by atoms with Crippen LogP contribution in [-0.2, 0) is 15.1 Å². The Hall–Kier alpha value is -1.39. The second kappa shape index (κ2) is 5.08. The van der Waals surface area contributed by atoms with Crippen LogP contribution in [0.3, 0.4) is 0 Å². The van der Waals surface area contributed by atoms with Crippen molar-refractivity contribution in [1.82, 2.24) is 4.90 Å². The average Bonchev–Trinajstić information content (AvgIpc) is 2.39. The summed E-state index contributed by atoms with van der Waals surface area (Å²) in [5.41, 5.74) is 6.09. The van der Waals surface area contributed by atoms with Crippen LogP contribution in [0.1, 0.15) is 19.4 Å². The molecule has 0 radical (unpaired) electrons. The van der Waals surface area contributed by atoms with Crippen molar-refractivity contribution in [2.75, 3.05) is 19.7 Å². The Labute approximate surface area is 108 Å². The molecule has 2 rings (SSSR count). The fourth-order valence-corrected chi connectivity index (χ4v) is 2.24. The van der Waals surface area contributed by atoms with Gasteiger partial charge in [0.15, 0.2) is 0 Å². The number of carbonyl (C=O) groups excluding carboxylic acids is 1. The van der Waals surface area contributed by atoms with E-state index in [1.54, 1.807) is 11.8 Å². The fraction of sp³-hybridized carbons (Fsp3) is 0.500. The molecule has 0 saturated carbocycles. The molecule has 2 atom stereocenters. The summed E-state index contributed by atoms with van der Waals surface area (Å²) in [6.45, 7) is 5.54. The molecule has 2 unspecified atom stereocenters. The third kappa shape index (κ3) is 2.54. The van der Waals surface area contributed by atoms with E-state index in [4.69, 9.17) is 10.5 Å². The van der Waals surface area contributed by atoms with E-state index in [9.17, 15) is 4.79 Å². The topological polar surface area (TPSA) is 55.6 Å². The largest absolute Gasteiger partial charge is 0.375 e. The Morgan fingerprint density at radius 2 is 2.11 bits per heavy atom. The predicted molar refractivity (Wildman–Crippen MR) is 70.0 cm³/mol. The summed E-state index contributed by atoms with van der Waals surface area (Å²) in [6, 6.07) is 9.50. The van der Waals surface area contributed by atoms with Gasteiger partial charge in [-0.2, -0.15) is 0 Å². The van der Waals surface area contributed by atoms with Crippen molar-refractivity contribution < 1.29 is 9.53 Å². The van der Waals surface area contributed by atoms with E-state index in [0.29, 0.717) is 19.7 Å². The lowest BCUT2D eigenvalue weighted by molar-refractivity contribution is -0.143. The van der Waals surface area contributed by atoms with Gasteiger partial charge in [0, 0.05) is 13.1 Å². The van der Waals surface area contributed by atoms with Gasteiger partial charge in [-0.25, -0.2) is 0 Å². The minimum atomic E-state index is -0.974. The molecular weight excluding hydrogens is 228 g/mol. The number of carbonyl (C=O) groups is 1. The molecule has 1 heterocycles. The van der Waals surface area contributed by atoms with Crippen molar-refractivity contribution in [3.05, 3.63) is 35.9 Å². The standard InChI is InChI=1S/C14H20N2O2/c1-11-10-16(8-9-18-11)13(17)14(2,15)12-6-4-3-5-7-12/h3-7,11H,8-10,15H2,1-2H3. The molecule has 1 amide bonds. The first-order valence-electron chi connectivity index (χ1n) is 6.27. The number of ether oxygens (including phenoxy) is 1. The zero-order valence-corrected chi connectivity index (χ0v) is 10.9. The number of benzene rings is 1. The summed E-state index contributed by atoms with van der Waals surface area (Å²) in [6.07, 6.45) is 0.0780. The van der Waals surface area contributed by atoms with Crippen molar-refractivity contribution in [3.63, 3.8) is 0 Å². The van der Waals surface area contributed by atoms with Gasteiger partial charge in [0.1, 0.15) is 5.54 Å². The summed E-state index contributed by atoms with van der Waals surface area (Å²) < 4.78 is 5.44. The van der Waals surface area contributed by atoms with Gasteiger partial charge < -0.3 is 15.4 Å². The maximum absolute atomic E-state index is 12.5. The number of nitrogens with zero attached hydrogens (tertiary/aromatic N) is 1. The minimum Gasteiger partial charge on any atom is -0.375 e. The summed E-state index contributed by atoms with van der Waals surface area (Å²) in [7, 11) is 0. The number of rotatable bonds is 2. The lowest BCUT2D eigenvalue weighted by atomic mass is 9.91. The first kappa shape index (κ1) is 13.1. The number of amides is 1. The minimum absolute atomic E-state index is 0.0381. The summed E-state index contributed by atoms with van der Waals surface area (Å²) >= 11 is 0. The molecule has 0 spiro atoms. The maximum atomic E-state index is 12.5. The fourth-order valence-electron chi connectivity index (χ4n) is 2.24. The van der Waals surface area contributed by atoms with Crippen LogP contribution in [0.2, 0.25) is 0 Å². The molecule has 98 valence electrons. The molecule has 4 nitrogen and oxygen atoms in total. The van der Waals surface area contributed by atoms with Crippen LogP contribution in [0.25, 0.3) is 0 Å². The lowest BCUT2D eigenvalue weighted by Gasteiger charge is -2.36. The van der Waals surface area contributed by atoms with Gasteiger partial charge in [-0.3, -0.25) is 4.79 Å². The SMILES string of the molecule is CC1CN(C(=O)C(C)(N)c2ccccc2)CCO1. The Bertz CT molecular complexity index is 417. The molecule has 0 aliphatic carbocycles. The number of hydrogen-bond donors (Lipinski definition) is 1. The normalized spacial score (nSPS) is 23.5. The van der Waals surface area contributed by atoms with Crippen LogP contribution in [0.4, 0.5) is 0 Å². The van der Waals surface area contributed by atoms with E-state index in [1.807, 2.05) is 37.3 Å². The van der Waals surface area contributed by atoms with Crippen LogP contribution in [0.5, 0.6) is 0 Å². The number of morpholine rings is 1. The Balaban J connectivity index is 2.17. The van der Waals surface area contributed by atoms with E-state index in [1.165, 1.54) is 0 Å². The van der Waals surface area contributed by atoms with E-state index < -0.39 is 5.54 Å². The zero-order valence-electron chi connectivity index (χ0n) is 10.9. The second-order valence-corrected chi connectivity index (χ2v) is 5.00. The Morgan fingerprint density at radius 1 is 1.44 bits per heavy atom. The summed E-state index contributed by atoms with van der Waals surface area (Å²) in [5.74, 6) is -0.0381. The molecule has 1 aliphatic heterocycles. The van der Waals surface area contributed by atoms with Gasteiger partial charge in [-0.15, -0.1) is 0 Å². The van der Waals surface area contributed by atoms with Gasteiger partial charge in [0.2, 0.25) is 5.91 Å². The summed E-state index contributed by atoms with van der Waals surface area (Å²) in [5, 5.41) is 0. The molecule has 4 heteroatoms. The molecule has 1 fully saturated rings. The quantitative estimate of drug-likeness (QED) is 0.853. The van der Waals surface area contributed by atoms with Gasteiger partial charge >= 0.3 is 0 Å². The highest BCUT2D eigenvalue weighted by atomic mass is 16.5. The first-order valence-corrected chi connectivity index (χ1v) is 6.27. The van der Waals surface area contributed by atoms with Gasteiger partial charge in [-0.05, 0) is 19.4 Å². The van der Waals surface area contributed by atoms with Crippen LogP contribution in [0.15, 0.2) is 30.3 Å². The highest BCUT2D eigenvalue weighted by Gasteiger charge is 2.35. The van der Waals surface area contributed by atoms with Gasteiger partial charge in [0.25, 0.3) is 0 Å². The summed E-state index contributed by atoms with van der Waals surface area (Å²) in [4.78, 5) is 14.3. The van der Waals surface area contributed by atoms with E-state index in [2.05, 4.69) is 0 Å². The van der Waals surface area contributed by atoms with Gasteiger partial charge in [0.05, 0.1) is 12.7 Å². The highest BCUT2D eigenvalue weighted by molar-refractivity contribution is 5.87. The molecular formula is C14H20N2O2. The van der Waals surface area contributed by atoms with Crippen LogP contribution in [0, 0.1) is 0 Å². The molecule has 18 heavy (non-hydrogen) atoms. The molecule has 1 aromatic rings. The lowest BCUT2D eigenvalue weighted by Crippen LogP contribution is -2.55. The van der Waals surface area contributed by atoms with Crippen molar-refractivity contribution in [2.45, 2.75) is 25.5 Å². The smallest absolute Gasteiger partial charge is 0.247 e. The third-order valence-corrected chi connectivity index (χ3v) is 3.35. The molecule has 1 aliphatic rings. The van der Waals surface area contributed by atoms with Crippen molar-refractivity contribution in [3.8, 4) is 0 Å². The molecule has 1 saturated heterocycles. The predicted octanol–water partition coefficient (Wildman–Crippen LogP) is 1.11. The Kier molecular flexibility index (Phi) is 3.68. The highest BCUT2D eigenvalue weighted by Crippen LogP contribution is 2.21. The number of nitrogens with two attached hydrogens (primary N) is 1.